The van der Waals surface area contributed by atoms with Gasteiger partial charge in [0.2, 0.25) is 0 Å². The van der Waals surface area contributed by atoms with Crippen LogP contribution in [0.4, 0.5) is 13.2 Å². The lowest BCUT2D eigenvalue weighted by molar-refractivity contribution is -0.149. The molecule has 12 heteroatoms. The molecule has 0 bridgehead atoms. The highest BCUT2D eigenvalue weighted by molar-refractivity contribution is 6.45. The van der Waals surface area contributed by atoms with E-state index in [-0.39, 0.29) is 67.0 Å². The Bertz CT molecular complexity index is 1170. The molecule has 2 aliphatic rings. The molecule has 7 nitrogen and oxygen atoms in total. The fourth-order valence-electron chi connectivity index (χ4n) is 5.17. The maximum Gasteiger partial charge on any atom is 0.433 e. The molecular formula is C26H32Cl2F3N3O4. The van der Waals surface area contributed by atoms with Gasteiger partial charge in [-0.25, -0.2) is 0 Å². The van der Waals surface area contributed by atoms with Crippen molar-refractivity contribution in [2.75, 3.05) is 13.1 Å². The maximum absolute atomic E-state index is 14.4. The fraction of sp³-hybridized carbons (Fsp3) is 0.615. The molecule has 1 heterocycles. The molecule has 2 aliphatic carbocycles. The van der Waals surface area contributed by atoms with Crippen LogP contribution < -0.4 is 0 Å². The van der Waals surface area contributed by atoms with Gasteiger partial charge in [-0.15, -0.1) is 0 Å². The topological polar surface area (TPSA) is 92.5 Å². The predicted octanol–water partition coefficient (Wildman–Crippen LogP) is 6.43. The molecule has 0 aliphatic heterocycles. The zero-order valence-corrected chi connectivity index (χ0v) is 23.3. The van der Waals surface area contributed by atoms with E-state index in [4.69, 9.17) is 23.2 Å². The summed E-state index contributed by atoms with van der Waals surface area (Å²) in [4.78, 5) is 38.4. The number of Topliss-reactive ketones (excluding diaryl/α,β-unsaturated/α-hetero) is 1. The summed E-state index contributed by atoms with van der Waals surface area (Å²) in [6, 6.07) is -0.684. The van der Waals surface area contributed by atoms with Crippen molar-refractivity contribution in [2.24, 2.45) is 17.3 Å². The fourth-order valence-corrected chi connectivity index (χ4v) is 5.76. The number of hydrogen-bond donors (Lipinski definition) is 1. The van der Waals surface area contributed by atoms with E-state index in [1.165, 1.54) is 11.0 Å². The van der Waals surface area contributed by atoms with Crippen LogP contribution in [0.5, 0.6) is 0 Å². The Morgan fingerprint density at radius 2 is 1.87 bits per heavy atom. The first-order valence-electron chi connectivity index (χ1n) is 12.5. The summed E-state index contributed by atoms with van der Waals surface area (Å²) in [5, 5.41) is 13.6. The van der Waals surface area contributed by atoms with Crippen LogP contribution >= 0.6 is 23.2 Å². The van der Waals surface area contributed by atoms with Crippen molar-refractivity contribution < 1.29 is 32.7 Å². The van der Waals surface area contributed by atoms with Gasteiger partial charge in [0.25, 0.3) is 5.91 Å². The Hall–Kier alpha value is -2.33. The van der Waals surface area contributed by atoms with Crippen molar-refractivity contribution in [1.82, 2.24) is 14.7 Å². The molecule has 1 fully saturated rings. The van der Waals surface area contributed by atoms with Crippen LogP contribution in [0.25, 0.3) is 0 Å². The second-order valence-corrected chi connectivity index (χ2v) is 12.0. The number of carbonyl (C=O) groups is 3. The summed E-state index contributed by atoms with van der Waals surface area (Å²) in [7, 11) is 0. The van der Waals surface area contributed by atoms with Crippen LogP contribution in [0.15, 0.2) is 27.9 Å². The molecule has 3 rings (SSSR count). The van der Waals surface area contributed by atoms with Crippen LogP contribution in [0.1, 0.15) is 81.9 Å². The van der Waals surface area contributed by atoms with Gasteiger partial charge in [-0.3, -0.25) is 19.1 Å². The summed E-state index contributed by atoms with van der Waals surface area (Å²) in [6.45, 7) is 7.39. The monoisotopic (exact) mass is 577 g/mol. The summed E-state index contributed by atoms with van der Waals surface area (Å²) < 4.78 is 44.0. The normalized spacial score (nSPS) is 22.9. The number of hydrogen-bond acceptors (Lipinski definition) is 4. The molecule has 1 N–H and O–H groups in total. The lowest BCUT2D eigenvalue weighted by Gasteiger charge is -2.33. The Morgan fingerprint density at radius 3 is 2.42 bits per heavy atom. The van der Waals surface area contributed by atoms with Crippen LogP contribution in [0, 0.1) is 17.3 Å². The molecule has 0 aromatic carbocycles. The van der Waals surface area contributed by atoms with Crippen LogP contribution in [0.3, 0.4) is 0 Å². The predicted molar refractivity (Wildman–Crippen MR) is 137 cm³/mol. The third kappa shape index (κ3) is 6.81. The van der Waals surface area contributed by atoms with E-state index in [0.29, 0.717) is 5.57 Å². The van der Waals surface area contributed by atoms with Crippen LogP contribution in [0.2, 0.25) is 0 Å². The number of halogens is 5. The molecule has 0 radical (unpaired) electrons. The molecule has 0 spiro atoms. The number of aromatic nitrogens is 2. The minimum absolute atomic E-state index is 0.0117. The van der Waals surface area contributed by atoms with Crippen LogP contribution in [-0.4, -0.2) is 50.5 Å². The number of ketones is 1. The third-order valence-corrected chi connectivity index (χ3v) is 7.77. The minimum atomic E-state index is -4.87. The van der Waals surface area contributed by atoms with Crippen molar-refractivity contribution >= 4 is 40.9 Å². The Kier molecular flexibility index (Phi) is 9.08. The first-order chi connectivity index (χ1) is 17.5. The number of carboxylic acids is 1. The highest BCUT2D eigenvalue weighted by Gasteiger charge is 2.44. The van der Waals surface area contributed by atoms with Gasteiger partial charge >= 0.3 is 12.1 Å². The summed E-state index contributed by atoms with van der Waals surface area (Å²) in [5.41, 5.74) is -1.81. The summed E-state index contributed by atoms with van der Waals surface area (Å²) >= 11 is 12.4. The smallest absolute Gasteiger partial charge is 0.433 e. The van der Waals surface area contributed by atoms with Gasteiger partial charge in [-0.05, 0) is 42.6 Å². The van der Waals surface area contributed by atoms with Gasteiger partial charge in [-0.1, -0.05) is 57.0 Å². The minimum Gasteiger partial charge on any atom is -0.481 e. The molecule has 1 aromatic heterocycles. The maximum atomic E-state index is 14.4. The number of carboxylic acid groups (broad SMARTS) is 1. The first-order valence-corrected chi connectivity index (χ1v) is 13.2. The molecule has 1 saturated carbocycles. The molecule has 210 valence electrons. The molecule has 0 saturated heterocycles. The van der Waals surface area contributed by atoms with Gasteiger partial charge in [0.05, 0.1) is 28.8 Å². The van der Waals surface area contributed by atoms with Crippen molar-refractivity contribution in [3.63, 3.8) is 0 Å². The molecule has 38 heavy (non-hydrogen) atoms. The van der Waals surface area contributed by atoms with E-state index in [0.717, 1.165) is 10.9 Å². The summed E-state index contributed by atoms with van der Waals surface area (Å²) in [6.07, 6.45) is -1.62. The average molecular weight is 578 g/mol. The first kappa shape index (κ1) is 30.2. The molecule has 3 atom stereocenters. The van der Waals surface area contributed by atoms with Crippen molar-refractivity contribution in [3.05, 3.63) is 39.2 Å². The molecule has 1 aromatic rings. The molecule has 0 unspecified atom stereocenters. The number of amides is 1. The van der Waals surface area contributed by atoms with Crippen molar-refractivity contribution in [1.29, 1.82) is 0 Å². The highest BCUT2D eigenvalue weighted by Crippen LogP contribution is 2.41. The number of carbonyl (C=O) groups excluding carboxylic acids is 2. The Balaban J connectivity index is 1.94. The highest BCUT2D eigenvalue weighted by atomic mass is 35.5. The Labute approximate surface area is 229 Å². The SMILES string of the molecule is C[C@@H]1C[C@@H](n2ncc(C(=O)N(CCC3=C(Cl)C(=O)CC=C3Cl)CC(C)(C)C)c2C(F)(F)F)CC[C@@H]1C(=O)O. The number of rotatable bonds is 7. The largest absolute Gasteiger partial charge is 0.481 e. The standard InChI is InChI=1S/C26H32Cl2F3N3O4/c1-14-11-15(5-6-16(14)24(37)38)34-22(26(29,30)31)18(12-32-34)23(36)33(13-25(2,3)4)10-9-17-19(27)7-8-20(35)21(17)28/h7,12,14-16H,5-6,8-11,13H2,1-4H3,(H,37,38)/t14-,15+,16+/m1/s1. The van der Waals surface area contributed by atoms with E-state index >= 15 is 0 Å². The lowest BCUT2D eigenvalue weighted by Crippen LogP contribution is -2.39. The van der Waals surface area contributed by atoms with Gasteiger partial charge in [-0.2, -0.15) is 18.3 Å². The number of nitrogens with zero attached hydrogens (tertiary/aromatic N) is 3. The number of allylic oxidation sites excluding steroid dienone is 3. The molecule has 1 amide bonds. The van der Waals surface area contributed by atoms with E-state index in [1.807, 2.05) is 20.8 Å². The van der Waals surface area contributed by atoms with Crippen molar-refractivity contribution in [3.8, 4) is 0 Å². The van der Waals surface area contributed by atoms with E-state index in [2.05, 4.69) is 5.10 Å². The average Bonchev–Trinajstić information content (AvgIpc) is 3.25. The van der Waals surface area contributed by atoms with E-state index in [1.54, 1.807) is 6.92 Å². The Morgan fingerprint density at radius 1 is 1.21 bits per heavy atom. The zero-order valence-electron chi connectivity index (χ0n) is 21.7. The number of aliphatic carboxylic acids is 1. The van der Waals surface area contributed by atoms with Crippen molar-refractivity contribution in [2.45, 2.75) is 72.0 Å². The lowest BCUT2D eigenvalue weighted by atomic mass is 9.78. The van der Waals surface area contributed by atoms with Crippen LogP contribution in [-0.2, 0) is 15.8 Å². The summed E-state index contributed by atoms with van der Waals surface area (Å²) in [5.74, 6) is -3.10. The quantitative estimate of drug-likeness (QED) is 0.403. The van der Waals surface area contributed by atoms with Gasteiger partial charge < -0.3 is 10.0 Å². The van der Waals surface area contributed by atoms with Gasteiger partial charge in [0.15, 0.2) is 11.5 Å². The number of alkyl halides is 3. The van der Waals surface area contributed by atoms with E-state index in [9.17, 15) is 32.7 Å². The molecular weight excluding hydrogens is 546 g/mol. The van der Waals surface area contributed by atoms with Gasteiger partial charge in [0, 0.05) is 24.5 Å². The second kappa shape index (κ2) is 11.4. The van der Waals surface area contributed by atoms with E-state index < -0.39 is 46.7 Å². The zero-order chi connectivity index (χ0) is 28.6. The third-order valence-electron chi connectivity index (χ3n) is 6.95. The van der Waals surface area contributed by atoms with Gasteiger partial charge in [0.1, 0.15) is 0 Å². The second-order valence-electron chi connectivity index (χ2n) is 11.2.